The van der Waals surface area contributed by atoms with Crippen molar-refractivity contribution in [3.8, 4) is 10.6 Å². The molecule has 3 aromatic rings. The highest BCUT2D eigenvalue weighted by Gasteiger charge is 2.22. The molecule has 0 unspecified atom stereocenters. The first-order valence-electron chi connectivity index (χ1n) is 9.49. The van der Waals surface area contributed by atoms with Crippen LogP contribution in [0.3, 0.4) is 0 Å². The fourth-order valence-corrected chi connectivity index (χ4v) is 3.72. The largest absolute Gasteiger partial charge is 0.448 e. The SMILES string of the molecule is Cc1cccc(C(C)C)c1NC(=O)[C@@H](C)OC(=O)c1csc(-c2ccccc2)n1. The van der Waals surface area contributed by atoms with Gasteiger partial charge in [0.05, 0.1) is 0 Å². The van der Waals surface area contributed by atoms with Crippen LogP contribution in [0, 0.1) is 6.92 Å². The minimum atomic E-state index is -0.941. The second-order valence-electron chi connectivity index (χ2n) is 7.13. The van der Waals surface area contributed by atoms with Crippen molar-refractivity contribution in [2.45, 2.75) is 39.7 Å². The van der Waals surface area contributed by atoms with E-state index < -0.39 is 12.1 Å². The summed E-state index contributed by atoms with van der Waals surface area (Å²) in [5.74, 6) is -0.720. The molecule has 1 atom stereocenters. The van der Waals surface area contributed by atoms with Gasteiger partial charge in [-0.3, -0.25) is 4.79 Å². The Labute approximate surface area is 174 Å². The van der Waals surface area contributed by atoms with Crippen molar-refractivity contribution < 1.29 is 14.3 Å². The van der Waals surface area contributed by atoms with Crippen LogP contribution in [0.2, 0.25) is 0 Å². The number of thiazole rings is 1. The molecule has 6 heteroatoms. The molecule has 29 heavy (non-hydrogen) atoms. The molecule has 1 amide bonds. The van der Waals surface area contributed by atoms with Gasteiger partial charge in [-0.1, -0.05) is 62.4 Å². The lowest BCUT2D eigenvalue weighted by Gasteiger charge is -2.18. The van der Waals surface area contributed by atoms with E-state index in [1.165, 1.54) is 11.3 Å². The first kappa shape index (κ1) is 20.7. The minimum Gasteiger partial charge on any atom is -0.448 e. The maximum atomic E-state index is 12.6. The first-order valence-corrected chi connectivity index (χ1v) is 10.4. The lowest BCUT2D eigenvalue weighted by molar-refractivity contribution is -0.123. The summed E-state index contributed by atoms with van der Waals surface area (Å²) in [4.78, 5) is 29.4. The normalized spacial score (nSPS) is 11.9. The molecular weight excluding hydrogens is 384 g/mol. The van der Waals surface area contributed by atoms with Gasteiger partial charge in [0.2, 0.25) is 0 Å². The van der Waals surface area contributed by atoms with Crippen LogP contribution in [0.4, 0.5) is 5.69 Å². The molecule has 0 saturated heterocycles. The maximum absolute atomic E-state index is 12.6. The fourth-order valence-electron chi connectivity index (χ4n) is 2.92. The molecule has 3 rings (SSSR count). The van der Waals surface area contributed by atoms with Crippen molar-refractivity contribution in [3.05, 3.63) is 70.7 Å². The van der Waals surface area contributed by atoms with Crippen molar-refractivity contribution in [3.63, 3.8) is 0 Å². The van der Waals surface area contributed by atoms with E-state index in [0.29, 0.717) is 0 Å². The topological polar surface area (TPSA) is 68.3 Å². The summed E-state index contributed by atoms with van der Waals surface area (Å²) in [7, 11) is 0. The van der Waals surface area contributed by atoms with Crippen molar-refractivity contribution >= 4 is 28.9 Å². The zero-order valence-electron chi connectivity index (χ0n) is 16.9. The molecule has 2 aromatic carbocycles. The highest BCUT2D eigenvalue weighted by Crippen LogP contribution is 2.28. The summed E-state index contributed by atoms with van der Waals surface area (Å²) < 4.78 is 5.35. The van der Waals surface area contributed by atoms with E-state index in [1.807, 2.05) is 55.5 Å². The average molecular weight is 409 g/mol. The summed E-state index contributed by atoms with van der Waals surface area (Å²) in [5, 5.41) is 5.29. The summed E-state index contributed by atoms with van der Waals surface area (Å²) >= 11 is 1.36. The number of nitrogens with one attached hydrogen (secondary N) is 1. The fraction of sp³-hybridized carbons (Fsp3) is 0.261. The summed E-state index contributed by atoms with van der Waals surface area (Å²) in [6.45, 7) is 7.64. The van der Waals surface area contributed by atoms with Crippen LogP contribution in [0.15, 0.2) is 53.9 Å². The Balaban J connectivity index is 1.68. The Hall–Kier alpha value is -2.99. The molecule has 150 valence electrons. The third-order valence-corrected chi connectivity index (χ3v) is 5.45. The van der Waals surface area contributed by atoms with Crippen LogP contribution in [0.5, 0.6) is 0 Å². The zero-order valence-corrected chi connectivity index (χ0v) is 17.7. The number of hydrogen-bond acceptors (Lipinski definition) is 5. The summed E-state index contributed by atoms with van der Waals surface area (Å²) in [6.07, 6.45) is -0.941. The van der Waals surface area contributed by atoms with Crippen molar-refractivity contribution in [1.82, 2.24) is 4.98 Å². The average Bonchev–Trinajstić information content (AvgIpc) is 3.20. The Morgan fingerprint density at radius 3 is 2.45 bits per heavy atom. The third kappa shape index (κ3) is 4.90. The van der Waals surface area contributed by atoms with E-state index in [0.717, 1.165) is 27.4 Å². The van der Waals surface area contributed by atoms with E-state index in [2.05, 4.69) is 24.1 Å². The first-order chi connectivity index (χ1) is 13.9. The number of para-hydroxylation sites is 1. The van der Waals surface area contributed by atoms with E-state index in [-0.39, 0.29) is 17.5 Å². The number of amides is 1. The number of aromatic nitrogens is 1. The molecule has 0 aliphatic rings. The molecule has 0 bridgehead atoms. The molecule has 0 saturated carbocycles. The smallest absolute Gasteiger partial charge is 0.358 e. The molecular formula is C23H24N2O3S. The number of ether oxygens (including phenoxy) is 1. The van der Waals surface area contributed by atoms with Gasteiger partial charge in [-0.2, -0.15) is 0 Å². The predicted octanol–water partition coefficient (Wildman–Crippen LogP) is 5.43. The number of carbonyl (C=O) groups is 2. The van der Waals surface area contributed by atoms with E-state index in [4.69, 9.17) is 4.74 Å². The van der Waals surface area contributed by atoms with Crippen LogP contribution >= 0.6 is 11.3 Å². The number of carbonyl (C=O) groups excluding carboxylic acids is 2. The Kier molecular flexibility index (Phi) is 6.44. The molecule has 0 aliphatic carbocycles. The van der Waals surface area contributed by atoms with Gasteiger partial charge >= 0.3 is 5.97 Å². The third-order valence-electron chi connectivity index (χ3n) is 4.56. The van der Waals surface area contributed by atoms with Gasteiger partial charge in [-0.15, -0.1) is 11.3 Å². The molecule has 0 radical (unpaired) electrons. The molecule has 1 aromatic heterocycles. The van der Waals surface area contributed by atoms with Crippen LogP contribution < -0.4 is 5.32 Å². The van der Waals surface area contributed by atoms with Gasteiger partial charge < -0.3 is 10.1 Å². The summed E-state index contributed by atoms with van der Waals surface area (Å²) in [5.41, 5.74) is 3.92. The molecule has 1 N–H and O–H groups in total. The molecule has 5 nitrogen and oxygen atoms in total. The lowest BCUT2D eigenvalue weighted by Crippen LogP contribution is -2.30. The van der Waals surface area contributed by atoms with Gasteiger partial charge in [0, 0.05) is 16.6 Å². The number of aryl methyl sites for hydroxylation is 1. The number of anilines is 1. The molecule has 0 aliphatic heterocycles. The number of nitrogens with zero attached hydrogens (tertiary/aromatic N) is 1. The predicted molar refractivity (Wildman–Crippen MR) is 116 cm³/mol. The lowest BCUT2D eigenvalue weighted by atomic mass is 9.98. The number of esters is 1. The van der Waals surface area contributed by atoms with Gasteiger partial charge in [-0.05, 0) is 30.9 Å². The Bertz CT molecular complexity index is 1010. The van der Waals surface area contributed by atoms with Crippen LogP contribution in [0.1, 0.15) is 48.3 Å². The number of benzene rings is 2. The zero-order chi connectivity index (χ0) is 21.0. The number of rotatable bonds is 6. The van der Waals surface area contributed by atoms with E-state index in [1.54, 1.807) is 12.3 Å². The number of hydrogen-bond donors (Lipinski definition) is 1. The molecule has 0 spiro atoms. The van der Waals surface area contributed by atoms with Crippen LogP contribution in [-0.2, 0) is 9.53 Å². The maximum Gasteiger partial charge on any atom is 0.358 e. The standard InChI is InChI=1S/C23H24N2O3S/c1-14(2)18-12-8-9-15(3)20(18)25-21(26)16(4)28-23(27)19-13-29-22(24-19)17-10-6-5-7-11-17/h5-14,16H,1-4H3,(H,25,26)/t16-/m1/s1. The van der Waals surface area contributed by atoms with E-state index in [9.17, 15) is 9.59 Å². The van der Waals surface area contributed by atoms with Crippen molar-refractivity contribution in [2.24, 2.45) is 0 Å². The highest BCUT2D eigenvalue weighted by molar-refractivity contribution is 7.13. The monoisotopic (exact) mass is 408 g/mol. The van der Waals surface area contributed by atoms with Crippen LogP contribution in [0.25, 0.3) is 10.6 Å². The van der Waals surface area contributed by atoms with E-state index >= 15 is 0 Å². The second kappa shape index (κ2) is 9.01. The highest BCUT2D eigenvalue weighted by atomic mass is 32.1. The van der Waals surface area contributed by atoms with Gasteiger partial charge in [0.15, 0.2) is 11.8 Å². The van der Waals surface area contributed by atoms with Crippen molar-refractivity contribution in [2.75, 3.05) is 5.32 Å². The Morgan fingerprint density at radius 1 is 1.03 bits per heavy atom. The second-order valence-corrected chi connectivity index (χ2v) is 7.99. The minimum absolute atomic E-state index is 0.201. The van der Waals surface area contributed by atoms with Gasteiger partial charge in [0.1, 0.15) is 5.01 Å². The van der Waals surface area contributed by atoms with Gasteiger partial charge in [0.25, 0.3) is 5.91 Å². The quantitative estimate of drug-likeness (QED) is 0.553. The van der Waals surface area contributed by atoms with Gasteiger partial charge in [-0.25, -0.2) is 9.78 Å². The molecule has 0 fully saturated rings. The van der Waals surface area contributed by atoms with Crippen molar-refractivity contribution in [1.29, 1.82) is 0 Å². The summed E-state index contributed by atoms with van der Waals surface area (Å²) in [6, 6.07) is 15.5. The Morgan fingerprint density at radius 2 is 1.76 bits per heavy atom. The molecule has 1 heterocycles. The van der Waals surface area contributed by atoms with Crippen LogP contribution in [-0.4, -0.2) is 23.0 Å².